The quantitative estimate of drug-likeness (QED) is 0.669. The number of carbonyl (C=O) groups excluding carboxylic acids is 3. The van der Waals surface area contributed by atoms with E-state index in [2.05, 4.69) is 26.1 Å². The second-order valence-electron chi connectivity index (χ2n) is 7.63. The molecule has 29 heavy (non-hydrogen) atoms. The molecule has 156 valence electrons. The Hall–Kier alpha value is -2.87. The van der Waals surface area contributed by atoms with Crippen molar-refractivity contribution in [2.75, 3.05) is 5.32 Å². The number of ether oxygens (including phenoxy) is 2. The highest BCUT2D eigenvalue weighted by atomic mass is 32.1. The second-order valence-corrected chi connectivity index (χ2v) is 8.55. The number of anilines is 1. The third-order valence-electron chi connectivity index (χ3n) is 4.19. The molecule has 0 aliphatic heterocycles. The molecule has 0 fully saturated rings. The standard InChI is InChI=1S/C21H26N2O5S/c1-12(18(25)23-19-16(17(22)24)10-11-29-19)28-20(26)13(2)27-15-8-6-14(7-9-15)21(3,4)5/h6-13H,1-5H3,(H2,22,24)(H,23,25)/t12-,13+/m1/s1. The number of esters is 1. The van der Waals surface area contributed by atoms with Crippen LogP contribution in [0.5, 0.6) is 5.75 Å². The number of rotatable bonds is 7. The van der Waals surface area contributed by atoms with Gasteiger partial charge in [-0.05, 0) is 48.4 Å². The van der Waals surface area contributed by atoms with Crippen LogP contribution in [0.3, 0.4) is 0 Å². The van der Waals surface area contributed by atoms with Crippen LogP contribution < -0.4 is 15.8 Å². The van der Waals surface area contributed by atoms with Crippen LogP contribution in [0.2, 0.25) is 0 Å². The van der Waals surface area contributed by atoms with Crippen LogP contribution in [0, 0.1) is 0 Å². The number of amides is 2. The average molecular weight is 419 g/mol. The topological polar surface area (TPSA) is 108 Å². The fourth-order valence-electron chi connectivity index (χ4n) is 2.42. The molecule has 0 bridgehead atoms. The van der Waals surface area contributed by atoms with E-state index in [1.54, 1.807) is 24.4 Å². The number of thiophene rings is 1. The largest absolute Gasteiger partial charge is 0.479 e. The lowest BCUT2D eigenvalue weighted by Gasteiger charge is -2.20. The van der Waals surface area contributed by atoms with Gasteiger partial charge >= 0.3 is 5.97 Å². The molecule has 0 saturated heterocycles. The first-order valence-electron chi connectivity index (χ1n) is 9.15. The summed E-state index contributed by atoms with van der Waals surface area (Å²) in [6, 6.07) is 8.99. The molecule has 2 rings (SSSR count). The van der Waals surface area contributed by atoms with Crippen LogP contribution in [0.25, 0.3) is 0 Å². The van der Waals surface area contributed by atoms with E-state index in [0.29, 0.717) is 10.8 Å². The van der Waals surface area contributed by atoms with Gasteiger partial charge in [-0.25, -0.2) is 4.79 Å². The highest BCUT2D eigenvalue weighted by Gasteiger charge is 2.24. The Bertz CT molecular complexity index is 883. The van der Waals surface area contributed by atoms with Crippen molar-refractivity contribution >= 4 is 34.1 Å². The lowest BCUT2D eigenvalue weighted by Crippen LogP contribution is -2.35. The minimum atomic E-state index is -1.07. The first-order valence-corrected chi connectivity index (χ1v) is 10.0. The molecule has 1 aromatic heterocycles. The van der Waals surface area contributed by atoms with Crippen LogP contribution in [0.1, 0.15) is 50.5 Å². The van der Waals surface area contributed by atoms with E-state index in [1.165, 1.54) is 13.0 Å². The van der Waals surface area contributed by atoms with E-state index in [4.69, 9.17) is 15.2 Å². The van der Waals surface area contributed by atoms with Gasteiger partial charge in [0.1, 0.15) is 10.8 Å². The summed E-state index contributed by atoms with van der Waals surface area (Å²) in [6.45, 7) is 9.32. The summed E-state index contributed by atoms with van der Waals surface area (Å²) in [5, 5.41) is 4.49. The predicted octanol–water partition coefficient (Wildman–Crippen LogP) is 3.48. The zero-order valence-electron chi connectivity index (χ0n) is 17.1. The number of hydrogen-bond acceptors (Lipinski definition) is 6. The maximum absolute atomic E-state index is 12.3. The van der Waals surface area contributed by atoms with E-state index < -0.39 is 30.0 Å². The molecular formula is C21H26N2O5S. The van der Waals surface area contributed by atoms with Crippen LogP contribution in [-0.4, -0.2) is 30.0 Å². The van der Waals surface area contributed by atoms with Crippen LogP contribution in [0.4, 0.5) is 5.00 Å². The summed E-state index contributed by atoms with van der Waals surface area (Å²) in [6.07, 6.45) is -1.96. The average Bonchev–Trinajstić information content (AvgIpc) is 3.09. The van der Waals surface area contributed by atoms with Crippen molar-refractivity contribution in [2.45, 2.75) is 52.2 Å². The zero-order valence-corrected chi connectivity index (χ0v) is 18.0. The molecule has 0 unspecified atom stereocenters. The van der Waals surface area contributed by atoms with E-state index in [9.17, 15) is 14.4 Å². The van der Waals surface area contributed by atoms with Crippen LogP contribution in [0.15, 0.2) is 35.7 Å². The van der Waals surface area contributed by atoms with Gasteiger partial charge < -0.3 is 20.5 Å². The Labute approximate surface area is 174 Å². The molecule has 1 heterocycles. The summed E-state index contributed by atoms with van der Waals surface area (Å²) in [4.78, 5) is 35.9. The Balaban J connectivity index is 1.92. The van der Waals surface area contributed by atoms with Gasteiger partial charge in [-0.15, -0.1) is 11.3 Å². The summed E-state index contributed by atoms with van der Waals surface area (Å²) in [5.41, 5.74) is 6.62. The van der Waals surface area contributed by atoms with E-state index in [1.807, 2.05) is 12.1 Å². The first-order chi connectivity index (χ1) is 13.5. The van der Waals surface area contributed by atoms with Gasteiger partial charge in [0, 0.05) is 0 Å². The highest BCUT2D eigenvalue weighted by molar-refractivity contribution is 7.14. The Morgan fingerprint density at radius 2 is 1.66 bits per heavy atom. The van der Waals surface area contributed by atoms with Crippen molar-refractivity contribution in [3.8, 4) is 5.75 Å². The molecule has 2 aromatic rings. The number of hydrogen-bond donors (Lipinski definition) is 2. The lowest BCUT2D eigenvalue weighted by molar-refractivity contribution is -0.159. The third kappa shape index (κ3) is 6.05. The number of nitrogens with two attached hydrogens (primary N) is 1. The van der Waals surface area contributed by atoms with Gasteiger partial charge in [0.15, 0.2) is 12.2 Å². The summed E-state index contributed by atoms with van der Waals surface area (Å²) in [5.74, 6) is -1.35. The van der Waals surface area contributed by atoms with Crippen molar-refractivity contribution in [1.29, 1.82) is 0 Å². The zero-order chi connectivity index (χ0) is 21.8. The summed E-state index contributed by atoms with van der Waals surface area (Å²) in [7, 11) is 0. The molecule has 0 radical (unpaired) electrons. The molecule has 8 heteroatoms. The Morgan fingerprint density at radius 1 is 1.03 bits per heavy atom. The van der Waals surface area contributed by atoms with Gasteiger partial charge in [0.2, 0.25) is 0 Å². The third-order valence-corrected chi connectivity index (χ3v) is 5.02. The number of primary amides is 1. The monoisotopic (exact) mass is 418 g/mol. The molecule has 0 aliphatic rings. The van der Waals surface area contributed by atoms with E-state index in [0.717, 1.165) is 16.9 Å². The highest BCUT2D eigenvalue weighted by Crippen LogP contribution is 2.25. The fourth-order valence-corrected chi connectivity index (χ4v) is 3.22. The number of nitrogens with one attached hydrogen (secondary N) is 1. The van der Waals surface area contributed by atoms with Gasteiger partial charge in [0.05, 0.1) is 5.56 Å². The van der Waals surface area contributed by atoms with Gasteiger partial charge in [-0.1, -0.05) is 32.9 Å². The molecule has 0 aliphatic carbocycles. The smallest absolute Gasteiger partial charge is 0.347 e. The molecular weight excluding hydrogens is 392 g/mol. The fraction of sp³-hybridized carbons (Fsp3) is 0.381. The van der Waals surface area contributed by atoms with Gasteiger partial charge in [-0.2, -0.15) is 0 Å². The Kier molecular flexibility index (Phi) is 7.02. The van der Waals surface area contributed by atoms with Gasteiger partial charge in [-0.3, -0.25) is 9.59 Å². The first kappa shape index (κ1) is 22.4. The summed E-state index contributed by atoms with van der Waals surface area (Å²) < 4.78 is 10.8. The van der Waals surface area contributed by atoms with Crippen molar-refractivity contribution in [1.82, 2.24) is 0 Å². The minimum Gasteiger partial charge on any atom is -0.479 e. The predicted molar refractivity (Wildman–Crippen MR) is 112 cm³/mol. The molecule has 0 spiro atoms. The summed E-state index contributed by atoms with van der Waals surface area (Å²) >= 11 is 1.16. The minimum absolute atomic E-state index is 0.0167. The molecule has 2 amide bonds. The van der Waals surface area contributed by atoms with Crippen LogP contribution >= 0.6 is 11.3 Å². The SMILES string of the molecule is C[C@H](Oc1ccc(C(C)(C)C)cc1)C(=O)O[C@H](C)C(=O)Nc1sccc1C(N)=O. The van der Waals surface area contributed by atoms with Crippen molar-refractivity contribution < 1.29 is 23.9 Å². The van der Waals surface area contributed by atoms with E-state index >= 15 is 0 Å². The lowest BCUT2D eigenvalue weighted by atomic mass is 9.87. The van der Waals surface area contributed by atoms with Crippen molar-refractivity contribution in [3.63, 3.8) is 0 Å². The normalized spacial score (nSPS) is 13.3. The van der Waals surface area contributed by atoms with Crippen LogP contribution in [-0.2, 0) is 19.7 Å². The number of benzene rings is 1. The maximum atomic E-state index is 12.3. The van der Waals surface area contributed by atoms with E-state index in [-0.39, 0.29) is 11.0 Å². The second kappa shape index (κ2) is 9.09. The van der Waals surface area contributed by atoms with Crippen molar-refractivity contribution in [2.24, 2.45) is 5.73 Å². The molecule has 2 atom stereocenters. The molecule has 7 nitrogen and oxygen atoms in total. The molecule has 1 aromatic carbocycles. The number of carbonyl (C=O) groups is 3. The van der Waals surface area contributed by atoms with Gasteiger partial charge in [0.25, 0.3) is 11.8 Å². The molecule has 0 saturated carbocycles. The Morgan fingerprint density at radius 3 is 2.21 bits per heavy atom. The maximum Gasteiger partial charge on any atom is 0.347 e. The molecule has 3 N–H and O–H groups in total. The van der Waals surface area contributed by atoms with Crippen molar-refractivity contribution in [3.05, 3.63) is 46.8 Å².